The van der Waals surface area contributed by atoms with Crippen LogP contribution in [0.3, 0.4) is 0 Å². The molecule has 0 saturated heterocycles. The molecular formula is C12H15FN2OS. The highest BCUT2D eigenvalue weighted by molar-refractivity contribution is 7.99. The van der Waals surface area contributed by atoms with E-state index in [4.69, 9.17) is 5.73 Å². The number of benzene rings is 1. The first kappa shape index (κ1) is 12.4. The van der Waals surface area contributed by atoms with Crippen LogP contribution in [-0.2, 0) is 4.79 Å². The number of amides is 1. The van der Waals surface area contributed by atoms with Gasteiger partial charge in [0.15, 0.2) is 0 Å². The zero-order chi connectivity index (χ0) is 12.4. The molecule has 2 rings (SSSR count). The minimum absolute atomic E-state index is 0.0350. The summed E-state index contributed by atoms with van der Waals surface area (Å²) < 4.78 is 13.3. The number of rotatable bonds is 2. The Bertz CT molecular complexity index is 439. The fourth-order valence-corrected chi connectivity index (χ4v) is 2.99. The fourth-order valence-electron chi connectivity index (χ4n) is 1.95. The van der Waals surface area contributed by atoms with Crippen molar-refractivity contribution >= 4 is 23.4 Å². The van der Waals surface area contributed by atoms with Crippen molar-refractivity contribution in [2.24, 2.45) is 5.73 Å². The minimum Gasteiger partial charge on any atom is -0.330 e. The van der Waals surface area contributed by atoms with E-state index in [1.807, 2.05) is 6.92 Å². The monoisotopic (exact) mass is 254 g/mol. The lowest BCUT2D eigenvalue weighted by Crippen LogP contribution is -2.43. The second-order valence-corrected chi connectivity index (χ2v) is 5.14. The van der Waals surface area contributed by atoms with Gasteiger partial charge in [0.2, 0.25) is 5.91 Å². The summed E-state index contributed by atoms with van der Waals surface area (Å²) in [5.41, 5.74) is 6.08. The number of hydrogen-bond acceptors (Lipinski definition) is 3. The number of halogens is 1. The molecule has 92 valence electrons. The molecule has 1 aliphatic heterocycles. The van der Waals surface area contributed by atoms with Crippen LogP contribution < -0.4 is 10.6 Å². The van der Waals surface area contributed by atoms with Gasteiger partial charge in [-0.25, -0.2) is 4.39 Å². The summed E-state index contributed by atoms with van der Waals surface area (Å²) in [6.45, 7) is 2.29. The van der Waals surface area contributed by atoms with E-state index in [-0.39, 0.29) is 17.8 Å². The second kappa shape index (κ2) is 5.06. The topological polar surface area (TPSA) is 46.3 Å². The summed E-state index contributed by atoms with van der Waals surface area (Å²) in [5.74, 6) is 0.478. The van der Waals surface area contributed by atoms with E-state index in [0.717, 1.165) is 10.6 Å². The van der Waals surface area contributed by atoms with E-state index in [1.165, 1.54) is 12.1 Å². The minimum atomic E-state index is -0.316. The predicted octanol–water partition coefficient (Wildman–Crippen LogP) is 2.00. The van der Waals surface area contributed by atoms with Crippen molar-refractivity contribution < 1.29 is 9.18 Å². The molecule has 0 spiro atoms. The van der Waals surface area contributed by atoms with Crippen LogP contribution in [0.25, 0.3) is 0 Å². The highest BCUT2D eigenvalue weighted by atomic mass is 32.2. The third kappa shape index (κ3) is 2.45. The lowest BCUT2D eigenvalue weighted by molar-refractivity contribution is -0.118. The van der Waals surface area contributed by atoms with Gasteiger partial charge < -0.3 is 10.6 Å². The third-order valence-corrected chi connectivity index (χ3v) is 4.03. The Labute approximate surface area is 104 Å². The molecule has 1 amide bonds. The van der Waals surface area contributed by atoms with Crippen LogP contribution in [0.4, 0.5) is 10.1 Å². The Morgan fingerprint density at radius 2 is 2.41 bits per heavy atom. The molecule has 1 aliphatic rings. The molecule has 0 radical (unpaired) electrons. The maximum absolute atomic E-state index is 13.3. The van der Waals surface area contributed by atoms with E-state index in [2.05, 4.69) is 0 Å². The summed E-state index contributed by atoms with van der Waals surface area (Å²) in [6, 6.07) is 4.65. The molecule has 1 aromatic rings. The lowest BCUT2D eigenvalue weighted by atomic mass is 10.2. The molecule has 17 heavy (non-hydrogen) atoms. The number of carbonyl (C=O) groups excluding carboxylic acids is 1. The van der Waals surface area contributed by atoms with Gasteiger partial charge in [0.1, 0.15) is 5.82 Å². The number of fused-ring (bicyclic) bond motifs is 1. The molecule has 0 aromatic heterocycles. The Balaban J connectivity index is 2.38. The smallest absolute Gasteiger partial charge is 0.228 e. The van der Waals surface area contributed by atoms with Gasteiger partial charge in [-0.05, 0) is 25.1 Å². The van der Waals surface area contributed by atoms with Gasteiger partial charge in [-0.3, -0.25) is 4.79 Å². The third-order valence-electron chi connectivity index (χ3n) is 2.73. The summed E-state index contributed by atoms with van der Waals surface area (Å²) >= 11 is 1.65. The summed E-state index contributed by atoms with van der Waals surface area (Å²) in [4.78, 5) is 14.6. The van der Waals surface area contributed by atoms with E-state index in [0.29, 0.717) is 18.7 Å². The van der Waals surface area contributed by atoms with Crippen LogP contribution in [0.2, 0.25) is 0 Å². The van der Waals surface area contributed by atoms with E-state index < -0.39 is 0 Å². The number of nitrogens with zero attached hydrogens (tertiary/aromatic N) is 1. The molecule has 2 N–H and O–H groups in total. The average Bonchev–Trinajstić information content (AvgIpc) is 2.28. The van der Waals surface area contributed by atoms with Crippen LogP contribution in [-0.4, -0.2) is 24.2 Å². The standard InChI is InChI=1S/C12H15FN2OS/c1-8-7-17-11-3-2-9(13)6-10(11)15(8)12(16)4-5-14/h2-3,6,8H,4-5,7,14H2,1H3. The normalized spacial score (nSPS) is 19.0. The van der Waals surface area contributed by atoms with Gasteiger partial charge in [0.05, 0.1) is 5.69 Å². The average molecular weight is 254 g/mol. The van der Waals surface area contributed by atoms with Crippen LogP contribution in [0.5, 0.6) is 0 Å². The van der Waals surface area contributed by atoms with Crippen molar-refractivity contribution in [3.05, 3.63) is 24.0 Å². The molecule has 5 heteroatoms. The first-order chi connectivity index (χ1) is 8.13. The molecular weight excluding hydrogens is 239 g/mol. The predicted molar refractivity (Wildman–Crippen MR) is 67.7 cm³/mol. The SMILES string of the molecule is CC1CSc2ccc(F)cc2N1C(=O)CCN. The maximum Gasteiger partial charge on any atom is 0.228 e. The van der Waals surface area contributed by atoms with E-state index in [9.17, 15) is 9.18 Å². The van der Waals surface area contributed by atoms with Crippen molar-refractivity contribution in [2.75, 3.05) is 17.2 Å². The first-order valence-corrected chi connectivity index (χ1v) is 6.56. The van der Waals surface area contributed by atoms with Crippen molar-refractivity contribution in [3.8, 4) is 0 Å². The highest BCUT2D eigenvalue weighted by Gasteiger charge is 2.28. The van der Waals surface area contributed by atoms with Crippen molar-refractivity contribution in [1.82, 2.24) is 0 Å². The first-order valence-electron chi connectivity index (χ1n) is 5.58. The second-order valence-electron chi connectivity index (χ2n) is 4.07. The summed E-state index contributed by atoms with van der Waals surface area (Å²) in [5, 5.41) is 0. The molecule has 1 heterocycles. The molecule has 1 unspecified atom stereocenters. The molecule has 0 saturated carbocycles. The van der Waals surface area contributed by atoms with Crippen LogP contribution >= 0.6 is 11.8 Å². The number of thioether (sulfide) groups is 1. The summed E-state index contributed by atoms with van der Waals surface area (Å²) in [7, 11) is 0. The zero-order valence-electron chi connectivity index (χ0n) is 9.65. The fraction of sp³-hybridized carbons (Fsp3) is 0.417. The van der Waals surface area contributed by atoms with Gasteiger partial charge >= 0.3 is 0 Å². The number of hydrogen-bond donors (Lipinski definition) is 1. The van der Waals surface area contributed by atoms with E-state index in [1.54, 1.807) is 22.7 Å². The molecule has 1 aromatic carbocycles. The highest BCUT2D eigenvalue weighted by Crippen LogP contribution is 2.38. The van der Waals surface area contributed by atoms with Gasteiger partial charge in [0.25, 0.3) is 0 Å². The number of carbonyl (C=O) groups is 1. The Kier molecular flexibility index (Phi) is 3.69. The molecule has 0 fully saturated rings. The van der Waals surface area contributed by atoms with Crippen molar-refractivity contribution in [3.63, 3.8) is 0 Å². The zero-order valence-corrected chi connectivity index (χ0v) is 10.5. The van der Waals surface area contributed by atoms with Gasteiger partial charge in [-0.15, -0.1) is 11.8 Å². The van der Waals surface area contributed by atoms with E-state index >= 15 is 0 Å². The quantitative estimate of drug-likeness (QED) is 0.878. The Hall–Kier alpha value is -1.07. The molecule has 1 atom stereocenters. The Morgan fingerprint density at radius 1 is 1.65 bits per heavy atom. The number of nitrogens with two attached hydrogens (primary N) is 1. The Morgan fingerprint density at radius 3 is 3.12 bits per heavy atom. The van der Waals surface area contributed by atoms with Crippen LogP contribution in [0.1, 0.15) is 13.3 Å². The molecule has 0 aliphatic carbocycles. The van der Waals surface area contributed by atoms with Gasteiger partial charge in [0, 0.05) is 29.7 Å². The molecule has 0 bridgehead atoms. The van der Waals surface area contributed by atoms with Crippen molar-refractivity contribution in [1.29, 1.82) is 0 Å². The lowest BCUT2D eigenvalue weighted by Gasteiger charge is -2.34. The largest absolute Gasteiger partial charge is 0.330 e. The van der Waals surface area contributed by atoms with Gasteiger partial charge in [-0.1, -0.05) is 0 Å². The van der Waals surface area contributed by atoms with Gasteiger partial charge in [-0.2, -0.15) is 0 Å². The molecule has 3 nitrogen and oxygen atoms in total. The van der Waals surface area contributed by atoms with Crippen molar-refractivity contribution in [2.45, 2.75) is 24.3 Å². The maximum atomic E-state index is 13.3. The number of anilines is 1. The summed E-state index contributed by atoms with van der Waals surface area (Å²) in [6.07, 6.45) is 0.297. The van der Waals surface area contributed by atoms with Crippen LogP contribution in [0.15, 0.2) is 23.1 Å². The van der Waals surface area contributed by atoms with Crippen LogP contribution in [0, 0.1) is 5.82 Å².